The van der Waals surface area contributed by atoms with Gasteiger partial charge >= 0.3 is 5.97 Å². The average molecular weight is 465 g/mol. The largest absolute Gasteiger partial charge is 0.462 e. The summed E-state index contributed by atoms with van der Waals surface area (Å²) in [5.74, 6) is -1.29. The molecule has 166 valence electrons. The number of thiazole rings is 1. The summed E-state index contributed by atoms with van der Waals surface area (Å²) in [4.78, 5) is 28.9. The van der Waals surface area contributed by atoms with Crippen LogP contribution in [-0.4, -0.2) is 43.0 Å². The highest BCUT2D eigenvalue weighted by molar-refractivity contribution is 7.89. The topological polar surface area (TPSA) is 119 Å². The molecule has 0 saturated heterocycles. The van der Waals surface area contributed by atoms with Crippen molar-refractivity contribution in [3.05, 3.63) is 40.7 Å². The van der Waals surface area contributed by atoms with Gasteiger partial charge in [0.05, 0.1) is 23.4 Å². The maximum Gasteiger partial charge on any atom is 0.341 e. The smallest absolute Gasteiger partial charge is 0.341 e. The van der Waals surface area contributed by atoms with E-state index >= 15 is 0 Å². The number of aromatic nitrogens is 2. The summed E-state index contributed by atoms with van der Waals surface area (Å²) in [5.41, 5.74) is 2.63. The van der Waals surface area contributed by atoms with Crippen LogP contribution in [0.4, 0.5) is 5.13 Å². The highest BCUT2D eigenvalue weighted by Gasteiger charge is 2.31. The molecule has 2 N–H and O–H groups in total. The van der Waals surface area contributed by atoms with Crippen LogP contribution >= 0.6 is 11.3 Å². The molecule has 31 heavy (non-hydrogen) atoms. The van der Waals surface area contributed by atoms with Crippen LogP contribution in [0.5, 0.6) is 0 Å². The number of ether oxygens (including phenoxy) is 1. The van der Waals surface area contributed by atoms with Gasteiger partial charge in [-0.3, -0.25) is 4.79 Å². The molecule has 0 aliphatic heterocycles. The fourth-order valence-electron chi connectivity index (χ4n) is 3.17. The number of esters is 1. The molecule has 0 radical (unpaired) electrons. The summed E-state index contributed by atoms with van der Waals surface area (Å²) >= 11 is 1.30. The minimum Gasteiger partial charge on any atom is -0.462 e. The fourth-order valence-corrected chi connectivity index (χ4v) is 5.64. The molecular weight excluding hydrogens is 440 g/mol. The zero-order valence-corrected chi connectivity index (χ0v) is 19.5. The molecule has 0 unspecified atom stereocenters. The van der Waals surface area contributed by atoms with Crippen molar-refractivity contribution in [3.63, 3.8) is 0 Å². The molecule has 0 aliphatic carbocycles. The molecule has 11 heteroatoms. The van der Waals surface area contributed by atoms with Crippen molar-refractivity contribution in [2.24, 2.45) is 7.05 Å². The van der Waals surface area contributed by atoms with Gasteiger partial charge in [0.15, 0.2) is 5.13 Å². The number of benzene rings is 1. The van der Waals surface area contributed by atoms with E-state index in [1.165, 1.54) is 11.3 Å². The molecule has 2 heterocycles. The number of nitrogens with one attached hydrogen (secondary N) is 2. The SMILES string of the molecule is CCOC(=O)c1c(S(=O)(=O)NCC(=O)Nc2nc3ccc(C)cc3s2)c(C)n(C)c1C. The van der Waals surface area contributed by atoms with E-state index in [-0.39, 0.29) is 17.1 Å². The second-order valence-electron chi connectivity index (χ2n) is 7.02. The lowest BCUT2D eigenvalue weighted by Crippen LogP contribution is -2.33. The third kappa shape index (κ3) is 4.63. The summed E-state index contributed by atoms with van der Waals surface area (Å²) in [6.45, 7) is 6.44. The van der Waals surface area contributed by atoms with Gasteiger partial charge in [0, 0.05) is 18.4 Å². The Hall–Kier alpha value is -2.76. The molecular formula is C20H24N4O5S2. The minimum absolute atomic E-state index is 0.0312. The summed E-state index contributed by atoms with van der Waals surface area (Å²) in [5, 5.41) is 2.99. The third-order valence-corrected chi connectivity index (χ3v) is 7.38. The van der Waals surface area contributed by atoms with E-state index in [0.29, 0.717) is 16.5 Å². The number of hydrogen-bond donors (Lipinski definition) is 2. The normalized spacial score (nSPS) is 11.6. The number of carbonyl (C=O) groups is 2. The van der Waals surface area contributed by atoms with Crippen molar-refractivity contribution in [1.29, 1.82) is 0 Å². The molecule has 0 aliphatic rings. The number of hydrogen-bond acceptors (Lipinski definition) is 7. The monoisotopic (exact) mass is 464 g/mol. The van der Waals surface area contributed by atoms with Crippen molar-refractivity contribution in [2.45, 2.75) is 32.6 Å². The second-order valence-corrected chi connectivity index (χ2v) is 9.75. The maximum atomic E-state index is 13.0. The standard InChI is InChI=1S/C20H24N4O5S2/c1-6-29-19(26)17-12(3)24(5)13(4)18(17)31(27,28)21-10-16(25)23-20-22-14-8-7-11(2)9-15(14)30-20/h7-9,21H,6,10H2,1-5H3,(H,22,23,25). The first-order valence-electron chi connectivity index (χ1n) is 9.54. The van der Waals surface area contributed by atoms with Crippen LogP contribution in [0.25, 0.3) is 10.2 Å². The van der Waals surface area contributed by atoms with Gasteiger partial charge < -0.3 is 14.6 Å². The zero-order chi connectivity index (χ0) is 22.9. The molecule has 0 saturated carbocycles. The molecule has 0 spiro atoms. The molecule has 0 bridgehead atoms. The van der Waals surface area contributed by atoms with E-state index in [1.54, 1.807) is 32.4 Å². The Balaban J connectivity index is 1.78. The van der Waals surface area contributed by atoms with Gasteiger partial charge in [0.25, 0.3) is 0 Å². The van der Waals surface area contributed by atoms with E-state index in [2.05, 4.69) is 15.0 Å². The van der Waals surface area contributed by atoms with Crippen molar-refractivity contribution in [1.82, 2.24) is 14.3 Å². The van der Waals surface area contributed by atoms with Crippen LogP contribution in [-0.2, 0) is 26.6 Å². The number of amides is 1. The Labute approximate surface area is 184 Å². The lowest BCUT2D eigenvalue weighted by molar-refractivity contribution is -0.115. The van der Waals surface area contributed by atoms with E-state index in [9.17, 15) is 18.0 Å². The van der Waals surface area contributed by atoms with Gasteiger partial charge in [-0.05, 0) is 45.4 Å². The highest BCUT2D eigenvalue weighted by Crippen LogP contribution is 2.28. The first kappa shape index (κ1) is 22.9. The number of sulfonamides is 1. The predicted molar refractivity (Wildman–Crippen MR) is 119 cm³/mol. The summed E-state index contributed by atoms with van der Waals surface area (Å²) in [6, 6.07) is 5.74. The van der Waals surface area contributed by atoms with Gasteiger partial charge in [0.1, 0.15) is 10.5 Å². The molecule has 1 amide bonds. The number of carbonyl (C=O) groups excluding carboxylic acids is 2. The van der Waals surface area contributed by atoms with Gasteiger partial charge in [-0.25, -0.2) is 22.9 Å². The highest BCUT2D eigenvalue weighted by atomic mass is 32.2. The summed E-state index contributed by atoms with van der Waals surface area (Å²) in [6.07, 6.45) is 0. The van der Waals surface area contributed by atoms with Gasteiger partial charge in [-0.15, -0.1) is 0 Å². The van der Waals surface area contributed by atoms with Crippen molar-refractivity contribution in [3.8, 4) is 0 Å². The Bertz CT molecular complexity index is 1270. The first-order valence-corrected chi connectivity index (χ1v) is 11.8. The molecule has 1 aromatic carbocycles. The molecule has 9 nitrogen and oxygen atoms in total. The van der Waals surface area contributed by atoms with E-state index in [1.807, 2.05) is 25.1 Å². The third-order valence-electron chi connectivity index (χ3n) is 4.89. The molecule has 3 rings (SSSR count). The lowest BCUT2D eigenvalue weighted by Gasteiger charge is -2.09. The van der Waals surface area contributed by atoms with E-state index in [0.717, 1.165) is 15.8 Å². The van der Waals surface area contributed by atoms with Gasteiger partial charge in [-0.1, -0.05) is 17.4 Å². The predicted octanol–water partition coefficient (Wildman–Crippen LogP) is 2.65. The Morgan fingerprint density at radius 1 is 1.19 bits per heavy atom. The van der Waals surface area contributed by atoms with Crippen molar-refractivity contribution < 1.29 is 22.7 Å². The van der Waals surface area contributed by atoms with Crippen LogP contribution < -0.4 is 10.0 Å². The van der Waals surface area contributed by atoms with Crippen LogP contribution in [0, 0.1) is 20.8 Å². The van der Waals surface area contributed by atoms with Crippen LogP contribution in [0.15, 0.2) is 23.1 Å². The molecule has 3 aromatic rings. The van der Waals surface area contributed by atoms with E-state index < -0.39 is 28.4 Å². The van der Waals surface area contributed by atoms with Crippen LogP contribution in [0.2, 0.25) is 0 Å². The number of anilines is 1. The fraction of sp³-hybridized carbons (Fsp3) is 0.350. The summed E-state index contributed by atoms with van der Waals surface area (Å²) < 4.78 is 35.7. The van der Waals surface area contributed by atoms with Crippen molar-refractivity contribution >= 4 is 48.6 Å². The maximum absolute atomic E-state index is 13.0. The number of fused-ring (bicyclic) bond motifs is 1. The Morgan fingerprint density at radius 3 is 2.58 bits per heavy atom. The molecule has 0 fully saturated rings. The number of rotatable bonds is 7. The average Bonchev–Trinajstić information content (AvgIpc) is 3.19. The van der Waals surface area contributed by atoms with Crippen molar-refractivity contribution in [2.75, 3.05) is 18.5 Å². The van der Waals surface area contributed by atoms with Crippen LogP contribution in [0.1, 0.15) is 34.2 Å². The quantitative estimate of drug-likeness (QED) is 0.519. The van der Waals surface area contributed by atoms with E-state index in [4.69, 9.17) is 4.74 Å². The minimum atomic E-state index is -4.15. The van der Waals surface area contributed by atoms with Gasteiger partial charge in [0.2, 0.25) is 15.9 Å². The van der Waals surface area contributed by atoms with Gasteiger partial charge in [-0.2, -0.15) is 0 Å². The Morgan fingerprint density at radius 2 is 1.90 bits per heavy atom. The summed E-state index contributed by atoms with van der Waals surface area (Å²) in [7, 11) is -2.49. The zero-order valence-electron chi connectivity index (χ0n) is 17.9. The Kier molecular flexibility index (Phi) is 6.48. The molecule has 2 aromatic heterocycles. The second kappa shape index (κ2) is 8.77. The van der Waals surface area contributed by atoms with Crippen LogP contribution in [0.3, 0.4) is 0 Å². The molecule has 0 atom stereocenters. The first-order chi connectivity index (χ1) is 14.5. The number of nitrogens with zero attached hydrogens (tertiary/aromatic N) is 2. The number of aryl methyl sites for hydroxylation is 1. The lowest BCUT2D eigenvalue weighted by atomic mass is 10.2.